The van der Waals surface area contributed by atoms with Gasteiger partial charge in [-0.1, -0.05) is 50.6 Å². The van der Waals surface area contributed by atoms with Gasteiger partial charge in [0, 0.05) is 17.5 Å². The molecule has 0 spiro atoms. The maximum atomic E-state index is 3.64. The molecule has 0 aliphatic carbocycles. The summed E-state index contributed by atoms with van der Waals surface area (Å²) in [6.07, 6.45) is 2.52. The highest BCUT2D eigenvalue weighted by Gasteiger charge is 2.08. The van der Waals surface area contributed by atoms with Crippen molar-refractivity contribution in [1.82, 2.24) is 5.32 Å². The van der Waals surface area contributed by atoms with E-state index in [-0.39, 0.29) is 0 Å². The lowest BCUT2D eigenvalue weighted by Gasteiger charge is -2.16. The smallest absolute Gasteiger partial charge is 0.0302 e. The van der Waals surface area contributed by atoms with Crippen LogP contribution in [-0.2, 0) is 6.54 Å². The van der Waals surface area contributed by atoms with Crippen molar-refractivity contribution in [2.75, 3.05) is 0 Å². The molecule has 2 heteroatoms. The van der Waals surface area contributed by atoms with Crippen molar-refractivity contribution in [2.45, 2.75) is 46.2 Å². The van der Waals surface area contributed by atoms with E-state index in [2.05, 4.69) is 67.9 Å². The third-order valence-corrected chi connectivity index (χ3v) is 4.78. The summed E-state index contributed by atoms with van der Waals surface area (Å²) in [5, 5.41) is 5.89. The van der Waals surface area contributed by atoms with Crippen molar-refractivity contribution in [3.63, 3.8) is 0 Å². The molecule has 0 fully saturated rings. The molecular weight excluding hydrogens is 262 g/mol. The molecule has 1 aromatic heterocycles. The first-order chi connectivity index (χ1) is 9.69. The minimum atomic E-state index is 0.590. The Balaban J connectivity index is 1.87. The molecular formula is C18H25NS. The Morgan fingerprint density at radius 1 is 1.10 bits per heavy atom. The topological polar surface area (TPSA) is 12.0 Å². The first kappa shape index (κ1) is 15.3. The third-order valence-electron chi connectivity index (χ3n) is 3.84. The normalized spacial score (nSPS) is 14.2. The van der Waals surface area contributed by atoms with Gasteiger partial charge in [0.1, 0.15) is 0 Å². The zero-order valence-corrected chi connectivity index (χ0v) is 13.5. The minimum absolute atomic E-state index is 0.590. The van der Waals surface area contributed by atoms with E-state index in [0.717, 1.165) is 12.5 Å². The summed E-state index contributed by atoms with van der Waals surface area (Å²) >= 11 is 1.85. The fraction of sp³-hybridized carbons (Fsp3) is 0.444. The second-order valence-corrected chi connectivity index (χ2v) is 6.69. The number of thiophene rings is 1. The van der Waals surface area contributed by atoms with Gasteiger partial charge in [-0.05, 0) is 41.8 Å². The van der Waals surface area contributed by atoms with Gasteiger partial charge in [-0.3, -0.25) is 0 Å². The number of hydrogen-bond donors (Lipinski definition) is 1. The fourth-order valence-corrected chi connectivity index (χ4v) is 3.23. The van der Waals surface area contributed by atoms with Crippen LogP contribution in [-0.4, -0.2) is 6.04 Å². The van der Waals surface area contributed by atoms with Crippen molar-refractivity contribution in [3.05, 3.63) is 46.7 Å². The van der Waals surface area contributed by atoms with Crippen molar-refractivity contribution in [1.29, 1.82) is 0 Å². The first-order valence-corrected chi connectivity index (χ1v) is 8.43. The van der Waals surface area contributed by atoms with Crippen LogP contribution in [0.2, 0.25) is 0 Å². The van der Waals surface area contributed by atoms with Crippen molar-refractivity contribution in [2.24, 2.45) is 5.92 Å². The summed E-state index contributed by atoms with van der Waals surface area (Å²) in [7, 11) is 0. The highest BCUT2D eigenvalue weighted by atomic mass is 32.1. The third kappa shape index (κ3) is 4.46. The van der Waals surface area contributed by atoms with Gasteiger partial charge in [-0.25, -0.2) is 0 Å². The maximum Gasteiger partial charge on any atom is 0.0302 e. The Morgan fingerprint density at radius 3 is 2.55 bits per heavy atom. The lowest BCUT2D eigenvalue weighted by atomic mass is 10.0. The number of hydrogen-bond acceptors (Lipinski definition) is 2. The van der Waals surface area contributed by atoms with Crippen LogP contribution in [0.4, 0.5) is 0 Å². The summed E-state index contributed by atoms with van der Waals surface area (Å²) in [6, 6.07) is 13.5. The van der Waals surface area contributed by atoms with Gasteiger partial charge in [0.25, 0.3) is 0 Å². The standard InChI is InChI=1S/C18H25NS/c1-4-14(2)10-15(3)19-12-18-11-17(13-20-18)16-8-6-5-7-9-16/h5-9,11,13-15,19H,4,10,12H2,1-3H3. The van der Waals surface area contributed by atoms with E-state index in [1.165, 1.54) is 28.8 Å². The Labute approximate surface area is 127 Å². The lowest BCUT2D eigenvalue weighted by molar-refractivity contribution is 0.413. The Morgan fingerprint density at radius 2 is 1.85 bits per heavy atom. The van der Waals surface area contributed by atoms with Crippen LogP contribution in [0, 0.1) is 5.92 Å². The zero-order chi connectivity index (χ0) is 14.4. The van der Waals surface area contributed by atoms with E-state index < -0.39 is 0 Å². The highest BCUT2D eigenvalue weighted by molar-refractivity contribution is 7.10. The van der Waals surface area contributed by atoms with Gasteiger partial charge >= 0.3 is 0 Å². The van der Waals surface area contributed by atoms with Crippen molar-refractivity contribution in [3.8, 4) is 11.1 Å². The molecule has 1 aromatic carbocycles. The molecule has 2 rings (SSSR count). The summed E-state index contributed by atoms with van der Waals surface area (Å²) in [5.41, 5.74) is 2.64. The second-order valence-electron chi connectivity index (χ2n) is 5.70. The quantitative estimate of drug-likeness (QED) is 0.726. The Hall–Kier alpha value is -1.12. The lowest BCUT2D eigenvalue weighted by Crippen LogP contribution is -2.26. The van der Waals surface area contributed by atoms with Gasteiger partial charge < -0.3 is 5.32 Å². The van der Waals surface area contributed by atoms with E-state index >= 15 is 0 Å². The first-order valence-electron chi connectivity index (χ1n) is 7.55. The van der Waals surface area contributed by atoms with Gasteiger partial charge in [-0.15, -0.1) is 11.3 Å². The minimum Gasteiger partial charge on any atom is -0.309 e. The molecule has 20 heavy (non-hydrogen) atoms. The van der Waals surface area contributed by atoms with Crippen LogP contribution in [0.5, 0.6) is 0 Å². The molecule has 0 aliphatic rings. The monoisotopic (exact) mass is 287 g/mol. The molecule has 0 aliphatic heterocycles. The Kier molecular flexibility index (Phi) is 5.81. The predicted octanol–water partition coefficient (Wildman–Crippen LogP) is 5.33. The number of nitrogens with one attached hydrogen (secondary N) is 1. The van der Waals surface area contributed by atoms with E-state index in [0.29, 0.717) is 6.04 Å². The summed E-state index contributed by atoms with van der Waals surface area (Å²) in [5.74, 6) is 0.806. The zero-order valence-electron chi connectivity index (χ0n) is 12.7. The van der Waals surface area contributed by atoms with Crippen LogP contribution in [0.1, 0.15) is 38.5 Å². The largest absolute Gasteiger partial charge is 0.309 e. The molecule has 0 saturated carbocycles. The van der Waals surface area contributed by atoms with Crippen LogP contribution >= 0.6 is 11.3 Å². The Bertz CT molecular complexity index is 503. The van der Waals surface area contributed by atoms with Crippen LogP contribution in [0.3, 0.4) is 0 Å². The maximum absolute atomic E-state index is 3.64. The molecule has 2 atom stereocenters. The second kappa shape index (κ2) is 7.61. The van der Waals surface area contributed by atoms with Crippen LogP contribution < -0.4 is 5.32 Å². The summed E-state index contributed by atoms with van der Waals surface area (Å²) in [4.78, 5) is 1.42. The molecule has 1 heterocycles. The average Bonchev–Trinajstić information content (AvgIpc) is 2.95. The van der Waals surface area contributed by atoms with E-state index in [4.69, 9.17) is 0 Å². The molecule has 1 N–H and O–H groups in total. The van der Waals surface area contributed by atoms with E-state index in [1.54, 1.807) is 0 Å². The van der Waals surface area contributed by atoms with Crippen molar-refractivity contribution >= 4 is 11.3 Å². The molecule has 2 unspecified atom stereocenters. The van der Waals surface area contributed by atoms with Gasteiger partial charge in [0.15, 0.2) is 0 Å². The highest BCUT2D eigenvalue weighted by Crippen LogP contribution is 2.25. The molecule has 108 valence electrons. The number of rotatable bonds is 7. The van der Waals surface area contributed by atoms with E-state index in [9.17, 15) is 0 Å². The number of benzene rings is 1. The average molecular weight is 287 g/mol. The van der Waals surface area contributed by atoms with Gasteiger partial charge in [-0.2, -0.15) is 0 Å². The molecule has 0 saturated heterocycles. The SMILES string of the molecule is CCC(C)CC(C)NCc1cc(-c2ccccc2)cs1. The van der Waals surface area contributed by atoms with Crippen LogP contribution in [0.25, 0.3) is 11.1 Å². The molecule has 0 bridgehead atoms. The molecule has 0 amide bonds. The van der Waals surface area contributed by atoms with Gasteiger partial charge in [0.2, 0.25) is 0 Å². The molecule has 1 nitrogen and oxygen atoms in total. The fourth-order valence-electron chi connectivity index (χ4n) is 2.38. The molecule has 2 aromatic rings. The molecule has 0 radical (unpaired) electrons. The summed E-state index contributed by atoms with van der Waals surface area (Å²) in [6.45, 7) is 7.87. The van der Waals surface area contributed by atoms with Gasteiger partial charge in [0.05, 0.1) is 0 Å². The van der Waals surface area contributed by atoms with E-state index in [1.807, 2.05) is 11.3 Å². The van der Waals surface area contributed by atoms with Crippen molar-refractivity contribution < 1.29 is 0 Å². The predicted molar refractivity (Wildman–Crippen MR) is 90.1 cm³/mol. The summed E-state index contributed by atoms with van der Waals surface area (Å²) < 4.78 is 0. The van der Waals surface area contributed by atoms with Crippen LogP contribution in [0.15, 0.2) is 41.8 Å².